The quantitative estimate of drug-likeness (QED) is 0.687. The van der Waals surface area contributed by atoms with Gasteiger partial charge in [0.1, 0.15) is 11.3 Å². The highest BCUT2D eigenvalue weighted by Crippen LogP contribution is 2.22. The number of hydrogen-bond acceptors (Lipinski definition) is 5. The second-order valence-corrected chi connectivity index (χ2v) is 4.63. The smallest absolute Gasteiger partial charge is 0.341 e. The minimum Gasteiger partial charge on any atom is -0.507 e. The molecule has 0 unspecified atom stereocenters. The molecule has 0 aromatic heterocycles. The van der Waals surface area contributed by atoms with E-state index in [1.807, 2.05) is 13.8 Å². The van der Waals surface area contributed by atoms with Crippen molar-refractivity contribution >= 4 is 17.6 Å². The van der Waals surface area contributed by atoms with Gasteiger partial charge < -0.3 is 20.5 Å². The lowest BCUT2D eigenvalue weighted by molar-refractivity contribution is -0.116. The number of aromatic hydroxyl groups is 1. The number of hydrogen-bond donors (Lipinski definition) is 3. The first-order valence-electron chi connectivity index (χ1n) is 6.38. The molecular formula is C14H20N2O4. The van der Waals surface area contributed by atoms with Crippen molar-refractivity contribution in [1.29, 1.82) is 0 Å². The van der Waals surface area contributed by atoms with Crippen molar-refractivity contribution in [2.75, 3.05) is 19.0 Å². The van der Waals surface area contributed by atoms with Crippen LogP contribution in [0.3, 0.4) is 0 Å². The van der Waals surface area contributed by atoms with Gasteiger partial charge in [-0.05, 0) is 12.1 Å². The third kappa shape index (κ3) is 4.89. The van der Waals surface area contributed by atoms with Gasteiger partial charge in [0.15, 0.2) is 0 Å². The fourth-order valence-corrected chi connectivity index (χ4v) is 1.59. The Morgan fingerprint density at radius 2 is 2.05 bits per heavy atom. The van der Waals surface area contributed by atoms with E-state index in [4.69, 9.17) is 0 Å². The van der Waals surface area contributed by atoms with Gasteiger partial charge in [-0.1, -0.05) is 13.8 Å². The minimum absolute atomic E-state index is 0.0620. The molecule has 0 saturated carbocycles. The molecule has 3 N–H and O–H groups in total. The zero-order chi connectivity index (χ0) is 15.1. The molecule has 6 nitrogen and oxygen atoms in total. The zero-order valence-corrected chi connectivity index (χ0v) is 11.9. The SMILES string of the molecule is COC(=O)c1ccc(NC(=O)CCNC(C)C)cc1O. The zero-order valence-electron chi connectivity index (χ0n) is 11.9. The fourth-order valence-electron chi connectivity index (χ4n) is 1.59. The molecular weight excluding hydrogens is 260 g/mol. The first-order valence-corrected chi connectivity index (χ1v) is 6.38. The van der Waals surface area contributed by atoms with E-state index in [-0.39, 0.29) is 17.2 Å². The lowest BCUT2D eigenvalue weighted by Crippen LogP contribution is -2.27. The average Bonchev–Trinajstić information content (AvgIpc) is 2.37. The number of carbonyl (C=O) groups excluding carboxylic acids is 2. The van der Waals surface area contributed by atoms with Gasteiger partial charge in [-0.25, -0.2) is 4.79 Å². The van der Waals surface area contributed by atoms with Crippen molar-refractivity contribution in [3.63, 3.8) is 0 Å². The molecule has 0 bridgehead atoms. The molecule has 1 amide bonds. The number of esters is 1. The number of phenols is 1. The van der Waals surface area contributed by atoms with Gasteiger partial charge in [0.25, 0.3) is 0 Å². The largest absolute Gasteiger partial charge is 0.507 e. The van der Waals surface area contributed by atoms with Crippen LogP contribution in [0.2, 0.25) is 0 Å². The molecule has 0 aliphatic heterocycles. The molecule has 110 valence electrons. The number of amides is 1. The first kappa shape index (κ1) is 16.0. The standard InChI is InChI=1S/C14H20N2O4/c1-9(2)15-7-6-13(18)16-10-4-5-11(12(17)8-10)14(19)20-3/h4-5,8-9,15,17H,6-7H2,1-3H3,(H,16,18). The van der Waals surface area contributed by atoms with Crippen LogP contribution in [0.4, 0.5) is 5.69 Å². The fraction of sp³-hybridized carbons (Fsp3) is 0.429. The predicted molar refractivity (Wildman–Crippen MR) is 75.8 cm³/mol. The van der Waals surface area contributed by atoms with E-state index in [0.717, 1.165) is 0 Å². The average molecular weight is 280 g/mol. The Kier molecular flexibility index (Phi) is 5.99. The van der Waals surface area contributed by atoms with Crippen molar-refractivity contribution in [3.05, 3.63) is 23.8 Å². The summed E-state index contributed by atoms with van der Waals surface area (Å²) in [5.41, 5.74) is 0.497. The van der Waals surface area contributed by atoms with Gasteiger partial charge in [-0.2, -0.15) is 0 Å². The number of benzene rings is 1. The van der Waals surface area contributed by atoms with Crippen LogP contribution in [0.5, 0.6) is 5.75 Å². The highest BCUT2D eigenvalue weighted by molar-refractivity contribution is 5.95. The molecule has 0 fully saturated rings. The Balaban J connectivity index is 2.58. The summed E-state index contributed by atoms with van der Waals surface area (Å²) in [6.45, 7) is 4.58. The third-order valence-corrected chi connectivity index (χ3v) is 2.59. The molecule has 0 radical (unpaired) electrons. The van der Waals surface area contributed by atoms with Crippen molar-refractivity contribution in [3.8, 4) is 5.75 Å². The summed E-state index contributed by atoms with van der Waals surface area (Å²) >= 11 is 0. The number of phenolic OH excluding ortho intramolecular Hbond substituents is 1. The number of carbonyl (C=O) groups is 2. The van der Waals surface area contributed by atoms with Crippen molar-refractivity contribution in [1.82, 2.24) is 5.32 Å². The molecule has 1 aromatic carbocycles. The predicted octanol–water partition coefficient (Wildman–Crippen LogP) is 1.51. The maximum Gasteiger partial charge on any atom is 0.341 e. The summed E-state index contributed by atoms with van der Waals surface area (Å²) in [6.07, 6.45) is 0.331. The molecule has 0 atom stereocenters. The Bertz CT molecular complexity index is 486. The minimum atomic E-state index is -0.624. The van der Waals surface area contributed by atoms with Gasteiger partial charge in [0.05, 0.1) is 7.11 Å². The van der Waals surface area contributed by atoms with E-state index in [0.29, 0.717) is 24.7 Å². The molecule has 0 spiro atoms. The summed E-state index contributed by atoms with van der Waals surface area (Å²) in [7, 11) is 1.24. The number of ether oxygens (including phenoxy) is 1. The molecule has 0 heterocycles. The van der Waals surface area contributed by atoms with Crippen LogP contribution < -0.4 is 10.6 Å². The highest BCUT2D eigenvalue weighted by Gasteiger charge is 2.12. The highest BCUT2D eigenvalue weighted by atomic mass is 16.5. The van der Waals surface area contributed by atoms with E-state index in [2.05, 4.69) is 15.4 Å². The second-order valence-electron chi connectivity index (χ2n) is 4.63. The van der Waals surface area contributed by atoms with Crippen molar-refractivity contribution < 1.29 is 19.4 Å². The molecule has 20 heavy (non-hydrogen) atoms. The summed E-state index contributed by atoms with van der Waals surface area (Å²) in [5, 5.41) is 15.5. The maximum absolute atomic E-state index is 11.7. The topological polar surface area (TPSA) is 87.7 Å². The van der Waals surface area contributed by atoms with Crippen LogP contribution in [0.1, 0.15) is 30.6 Å². The van der Waals surface area contributed by atoms with Gasteiger partial charge in [-0.15, -0.1) is 0 Å². The summed E-state index contributed by atoms with van der Waals surface area (Å²) < 4.78 is 4.52. The Morgan fingerprint density at radius 3 is 2.60 bits per heavy atom. The van der Waals surface area contributed by atoms with Gasteiger partial charge in [-0.3, -0.25) is 4.79 Å². The van der Waals surface area contributed by atoms with E-state index in [1.54, 1.807) is 6.07 Å². The number of methoxy groups -OCH3 is 1. The summed E-state index contributed by atoms with van der Waals surface area (Å²) in [6, 6.07) is 4.59. The lowest BCUT2D eigenvalue weighted by Gasteiger charge is -2.09. The first-order chi connectivity index (χ1) is 9.43. The van der Waals surface area contributed by atoms with Crippen LogP contribution in [-0.2, 0) is 9.53 Å². The molecule has 6 heteroatoms. The van der Waals surface area contributed by atoms with Crippen molar-refractivity contribution in [2.24, 2.45) is 0 Å². The third-order valence-electron chi connectivity index (χ3n) is 2.59. The number of rotatable bonds is 6. The van der Waals surface area contributed by atoms with E-state index >= 15 is 0 Å². The molecule has 0 aliphatic rings. The molecule has 1 rings (SSSR count). The van der Waals surface area contributed by atoms with E-state index in [9.17, 15) is 14.7 Å². The Labute approximate surface area is 118 Å². The molecule has 0 aliphatic carbocycles. The molecule has 0 saturated heterocycles. The number of anilines is 1. The van der Waals surface area contributed by atoms with Crippen LogP contribution in [0, 0.1) is 0 Å². The van der Waals surface area contributed by atoms with Crippen molar-refractivity contribution in [2.45, 2.75) is 26.3 Å². The van der Waals surface area contributed by atoms with E-state index in [1.165, 1.54) is 19.2 Å². The van der Waals surface area contributed by atoms with Gasteiger partial charge in [0.2, 0.25) is 5.91 Å². The van der Waals surface area contributed by atoms with E-state index < -0.39 is 5.97 Å². The monoisotopic (exact) mass is 280 g/mol. The lowest BCUT2D eigenvalue weighted by atomic mass is 10.2. The van der Waals surface area contributed by atoms with Gasteiger partial charge >= 0.3 is 5.97 Å². The Morgan fingerprint density at radius 1 is 1.35 bits per heavy atom. The second kappa shape index (κ2) is 7.49. The maximum atomic E-state index is 11.7. The van der Waals surface area contributed by atoms with Crippen LogP contribution >= 0.6 is 0 Å². The van der Waals surface area contributed by atoms with Crippen LogP contribution in [-0.4, -0.2) is 36.7 Å². The summed E-state index contributed by atoms with van der Waals surface area (Å²) in [5.74, 6) is -1.01. The van der Waals surface area contributed by atoms with Crippen LogP contribution in [0.25, 0.3) is 0 Å². The number of nitrogens with one attached hydrogen (secondary N) is 2. The Hall–Kier alpha value is -2.08. The van der Waals surface area contributed by atoms with Crippen LogP contribution in [0.15, 0.2) is 18.2 Å². The summed E-state index contributed by atoms with van der Waals surface area (Å²) in [4.78, 5) is 23.0. The van der Waals surface area contributed by atoms with Gasteiger partial charge in [0, 0.05) is 30.8 Å². The molecule has 1 aromatic rings. The normalized spacial score (nSPS) is 10.4.